The van der Waals surface area contributed by atoms with Crippen molar-refractivity contribution in [3.63, 3.8) is 0 Å². The normalized spacial score (nSPS) is 20.7. The Bertz CT molecular complexity index is 192. The summed E-state index contributed by atoms with van der Waals surface area (Å²) < 4.78 is 5.39. The molecule has 1 aliphatic rings. The van der Waals surface area contributed by atoms with Crippen LogP contribution in [0.4, 0.5) is 0 Å². The van der Waals surface area contributed by atoms with E-state index in [1.54, 1.807) is 6.92 Å². The average molecular weight is 182 g/mol. The van der Waals surface area contributed by atoms with Gasteiger partial charge in [0.2, 0.25) is 0 Å². The standard InChI is InChI=1S/C10H18N2O/c1-10(12,8-11)5-7-13-6-4-9-2-3-9/h9H,2-7,12H2,1H3. The van der Waals surface area contributed by atoms with Crippen molar-refractivity contribution in [1.82, 2.24) is 0 Å². The summed E-state index contributed by atoms with van der Waals surface area (Å²) in [6, 6.07) is 2.05. The van der Waals surface area contributed by atoms with E-state index in [0.717, 1.165) is 12.5 Å². The van der Waals surface area contributed by atoms with E-state index in [1.807, 2.05) is 0 Å². The van der Waals surface area contributed by atoms with Gasteiger partial charge in [0.05, 0.1) is 6.07 Å². The van der Waals surface area contributed by atoms with Gasteiger partial charge < -0.3 is 10.5 Å². The first-order valence-electron chi connectivity index (χ1n) is 4.92. The predicted octanol–water partition coefficient (Wildman–Crippen LogP) is 1.43. The average Bonchev–Trinajstić information content (AvgIpc) is 2.87. The first kappa shape index (κ1) is 10.5. The van der Waals surface area contributed by atoms with Gasteiger partial charge in [0.1, 0.15) is 5.54 Å². The summed E-state index contributed by atoms with van der Waals surface area (Å²) >= 11 is 0. The highest BCUT2D eigenvalue weighted by molar-refractivity contribution is 5.00. The fraction of sp³-hybridized carbons (Fsp3) is 0.900. The van der Waals surface area contributed by atoms with E-state index in [4.69, 9.17) is 15.7 Å². The van der Waals surface area contributed by atoms with Crippen LogP contribution in [0, 0.1) is 17.2 Å². The second-order valence-electron chi connectivity index (χ2n) is 4.12. The molecular weight excluding hydrogens is 164 g/mol. The zero-order valence-electron chi connectivity index (χ0n) is 8.25. The van der Waals surface area contributed by atoms with Crippen molar-refractivity contribution in [3.05, 3.63) is 0 Å². The Morgan fingerprint density at radius 3 is 2.77 bits per heavy atom. The minimum Gasteiger partial charge on any atom is -0.381 e. The van der Waals surface area contributed by atoms with Gasteiger partial charge in [-0.25, -0.2) is 0 Å². The lowest BCUT2D eigenvalue weighted by molar-refractivity contribution is 0.117. The number of nitrogens with two attached hydrogens (primary N) is 1. The molecule has 0 aromatic heterocycles. The Morgan fingerprint density at radius 2 is 2.23 bits per heavy atom. The minimum atomic E-state index is -0.723. The summed E-state index contributed by atoms with van der Waals surface area (Å²) in [6.45, 7) is 3.16. The van der Waals surface area contributed by atoms with Gasteiger partial charge in [-0.3, -0.25) is 0 Å². The first-order chi connectivity index (χ1) is 6.14. The lowest BCUT2D eigenvalue weighted by Gasteiger charge is -2.14. The van der Waals surface area contributed by atoms with Crippen molar-refractivity contribution < 1.29 is 4.74 Å². The minimum absolute atomic E-state index is 0.604. The van der Waals surface area contributed by atoms with Gasteiger partial charge in [0, 0.05) is 19.6 Å². The molecule has 0 aliphatic heterocycles. The molecule has 1 fully saturated rings. The van der Waals surface area contributed by atoms with Crippen molar-refractivity contribution in [3.8, 4) is 6.07 Å². The van der Waals surface area contributed by atoms with Crippen LogP contribution in [0.5, 0.6) is 0 Å². The van der Waals surface area contributed by atoms with Gasteiger partial charge in [0.25, 0.3) is 0 Å². The van der Waals surface area contributed by atoms with Crippen molar-refractivity contribution in [2.75, 3.05) is 13.2 Å². The van der Waals surface area contributed by atoms with Crippen molar-refractivity contribution in [2.45, 2.75) is 38.1 Å². The van der Waals surface area contributed by atoms with E-state index in [0.29, 0.717) is 13.0 Å². The van der Waals surface area contributed by atoms with Gasteiger partial charge in [-0.05, 0) is 19.3 Å². The summed E-state index contributed by atoms with van der Waals surface area (Å²) in [5.41, 5.74) is 4.91. The van der Waals surface area contributed by atoms with Gasteiger partial charge in [-0.1, -0.05) is 12.8 Å². The molecule has 0 amide bonds. The molecule has 1 unspecified atom stereocenters. The third-order valence-corrected chi connectivity index (χ3v) is 2.39. The van der Waals surface area contributed by atoms with Gasteiger partial charge in [-0.15, -0.1) is 0 Å². The maximum atomic E-state index is 8.62. The molecule has 0 spiro atoms. The Labute approximate surface area is 79.9 Å². The van der Waals surface area contributed by atoms with E-state index >= 15 is 0 Å². The highest BCUT2D eigenvalue weighted by Crippen LogP contribution is 2.32. The van der Waals surface area contributed by atoms with Gasteiger partial charge in [0.15, 0.2) is 0 Å². The SMILES string of the molecule is CC(N)(C#N)CCOCCC1CC1. The molecule has 74 valence electrons. The van der Waals surface area contributed by atoms with E-state index in [2.05, 4.69) is 6.07 Å². The molecule has 1 saturated carbocycles. The number of hydrogen-bond donors (Lipinski definition) is 1. The van der Waals surface area contributed by atoms with Crippen molar-refractivity contribution in [2.24, 2.45) is 11.7 Å². The molecular formula is C10H18N2O. The third-order valence-electron chi connectivity index (χ3n) is 2.39. The highest BCUT2D eigenvalue weighted by Gasteiger charge is 2.21. The number of ether oxygens (including phenoxy) is 1. The van der Waals surface area contributed by atoms with Crippen LogP contribution in [0.25, 0.3) is 0 Å². The number of hydrogen-bond acceptors (Lipinski definition) is 3. The molecule has 1 aliphatic carbocycles. The molecule has 1 rings (SSSR count). The van der Waals surface area contributed by atoms with E-state index in [9.17, 15) is 0 Å². The zero-order valence-corrected chi connectivity index (χ0v) is 8.25. The molecule has 0 heterocycles. The molecule has 0 saturated heterocycles. The Kier molecular flexibility index (Phi) is 3.71. The lowest BCUT2D eigenvalue weighted by Crippen LogP contribution is -2.35. The van der Waals surface area contributed by atoms with Crippen molar-refractivity contribution >= 4 is 0 Å². The molecule has 3 nitrogen and oxygen atoms in total. The number of nitrogens with zero attached hydrogens (tertiary/aromatic N) is 1. The molecule has 0 aromatic carbocycles. The fourth-order valence-electron chi connectivity index (χ4n) is 1.10. The van der Waals surface area contributed by atoms with E-state index in [1.165, 1.54) is 19.3 Å². The summed E-state index contributed by atoms with van der Waals surface area (Å²) in [6.07, 6.45) is 4.54. The molecule has 3 heteroatoms. The van der Waals surface area contributed by atoms with E-state index < -0.39 is 5.54 Å². The smallest absolute Gasteiger partial charge is 0.103 e. The summed E-state index contributed by atoms with van der Waals surface area (Å²) in [4.78, 5) is 0. The van der Waals surface area contributed by atoms with Gasteiger partial charge in [-0.2, -0.15) is 5.26 Å². The molecule has 13 heavy (non-hydrogen) atoms. The third kappa shape index (κ3) is 4.87. The molecule has 0 aromatic rings. The van der Waals surface area contributed by atoms with Crippen LogP contribution >= 0.6 is 0 Å². The first-order valence-corrected chi connectivity index (χ1v) is 4.92. The molecule has 2 N–H and O–H groups in total. The summed E-state index contributed by atoms with van der Waals surface area (Å²) in [7, 11) is 0. The largest absolute Gasteiger partial charge is 0.381 e. The van der Waals surface area contributed by atoms with E-state index in [-0.39, 0.29) is 0 Å². The maximum Gasteiger partial charge on any atom is 0.103 e. The molecule has 0 bridgehead atoms. The second kappa shape index (κ2) is 4.59. The maximum absolute atomic E-state index is 8.62. The molecule has 0 radical (unpaired) electrons. The van der Waals surface area contributed by atoms with Crippen LogP contribution in [0.2, 0.25) is 0 Å². The molecule has 1 atom stereocenters. The van der Waals surface area contributed by atoms with Crippen LogP contribution in [0.15, 0.2) is 0 Å². The zero-order chi connectivity index (χ0) is 9.73. The quantitative estimate of drug-likeness (QED) is 0.632. The topological polar surface area (TPSA) is 59.0 Å². The second-order valence-corrected chi connectivity index (χ2v) is 4.12. The fourth-order valence-corrected chi connectivity index (χ4v) is 1.10. The summed E-state index contributed by atoms with van der Waals surface area (Å²) in [5, 5.41) is 8.62. The van der Waals surface area contributed by atoms with Gasteiger partial charge >= 0.3 is 0 Å². The van der Waals surface area contributed by atoms with Crippen LogP contribution in [0.3, 0.4) is 0 Å². The Balaban J connectivity index is 1.91. The Hall–Kier alpha value is -0.590. The Morgan fingerprint density at radius 1 is 1.54 bits per heavy atom. The summed E-state index contributed by atoms with van der Waals surface area (Å²) in [5.74, 6) is 0.917. The predicted molar refractivity (Wildman–Crippen MR) is 51.0 cm³/mol. The highest BCUT2D eigenvalue weighted by atomic mass is 16.5. The van der Waals surface area contributed by atoms with Crippen LogP contribution in [0.1, 0.15) is 32.6 Å². The van der Waals surface area contributed by atoms with Crippen LogP contribution in [-0.2, 0) is 4.74 Å². The lowest BCUT2D eigenvalue weighted by atomic mass is 10.0. The van der Waals surface area contributed by atoms with Crippen LogP contribution < -0.4 is 5.73 Å². The van der Waals surface area contributed by atoms with Crippen molar-refractivity contribution in [1.29, 1.82) is 5.26 Å². The number of rotatable bonds is 6. The number of nitriles is 1. The monoisotopic (exact) mass is 182 g/mol. The van der Waals surface area contributed by atoms with Crippen LogP contribution in [-0.4, -0.2) is 18.8 Å².